The average Bonchev–Trinajstić information content (AvgIpc) is 2.29. The number of hydrogen-bond acceptors (Lipinski definition) is 3. The fourth-order valence-electron chi connectivity index (χ4n) is 1.30. The molecule has 0 radical (unpaired) electrons. The molecule has 0 spiro atoms. The van der Waals surface area contributed by atoms with Crippen molar-refractivity contribution in [2.45, 2.75) is 0 Å². The van der Waals surface area contributed by atoms with Crippen LogP contribution in [0.3, 0.4) is 0 Å². The van der Waals surface area contributed by atoms with E-state index in [0.29, 0.717) is 32.9 Å². The average molecular weight is 269 g/mol. The number of benzene rings is 2. The van der Waals surface area contributed by atoms with E-state index in [1.807, 2.05) is 0 Å². The molecule has 0 aromatic heterocycles. The van der Waals surface area contributed by atoms with Gasteiger partial charge in [-0.15, -0.1) is 0 Å². The number of ether oxygens (including phenoxy) is 1. The van der Waals surface area contributed by atoms with Crippen LogP contribution in [0.15, 0.2) is 36.4 Å². The van der Waals surface area contributed by atoms with Crippen LogP contribution in [0, 0.1) is 0 Å². The van der Waals surface area contributed by atoms with Crippen molar-refractivity contribution in [2.24, 2.45) is 0 Å². The lowest BCUT2D eigenvalue weighted by atomic mass is 10.2. The van der Waals surface area contributed by atoms with Crippen LogP contribution >= 0.6 is 23.2 Å². The lowest BCUT2D eigenvalue weighted by Gasteiger charge is -2.09. The molecule has 0 atom stereocenters. The molecule has 17 heavy (non-hydrogen) atoms. The van der Waals surface area contributed by atoms with Gasteiger partial charge < -0.3 is 16.2 Å². The zero-order valence-electron chi connectivity index (χ0n) is 8.78. The maximum absolute atomic E-state index is 5.98. The Morgan fingerprint density at radius 2 is 1.65 bits per heavy atom. The molecule has 0 aliphatic rings. The van der Waals surface area contributed by atoms with Gasteiger partial charge in [-0.3, -0.25) is 0 Å². The van der Waals surface area contributed by atoms with Crippen LogP contribution in [0.5, 0.6) is 11.5 Å². The molecule has 0 unspecified atom stereocenters. The predicted molar refractivity (Wildman–Crippen MR) is 71.8 cm³/mol. The van der Waals surface area contributed by atoms with Crippen molar-refractivity contribution in [1.29, 1.82) is 0 Å². The van der Waals surface area contributed by atoms with E-state index in [9.17, 15) is 0 Å². The molecule has 0 fully saturated rings. The van der Waals surface area contributed by atoms with Gasteiger partial charge >= 0.3 is 0 Å². The van der Waals surface area contributed by atoms with E-state index in [0.717, 1.165) is 0 Å². The molecule has 2 aromatic carbocycles. The maximum Gasteiger partial charge on any atom is 0.147 e. The zero-order chi connectivity index (χ0) is 12.4. The lowest BCUT2D eigenvalue weighted by Crippen LogP contribution is -1.95. The fraction of sp³-hybridized carbons (Fsp3) is 0. The van der Waals surface area contributed by atoms with E-state index >= 15 is 0 Å². The van der Waals surface area contributed by atoms with Gasteiger partial charge in [0.1, 0.15) is 11.5 Å². The highest BCUT2D eigenvalue weighted by Gasteiger charge is 2.05. The van der Waals surface area contributed by atoms with Gasteiger partial charge in [0.05, 0.1) is 16.4 Å². The summed E-state index contributed by atoms with van der Waals surface area (Å²) in [6.45, 7) is 0. The number of halogens is 2. The second kappa shape index (κ2) is 4.73. The van der Waals surface area contributed by atoms with Crippen LogP contribution in [0.4, 0.5) is 11.4 Å². The minimum absolute atomic E-state index is 0.459. The van der Waals surface area contributed by atoms with Crippen molar-refractivity contribution in [1.82, 2.24) is 0 Å². The molecule has 0 amide bonds. The third-order valence-corrected chi connectivity index (χ3v) is 2.73. The second-order valence-electron chi connectivity index (χ2n) is 3.47. The molecule has 0 saturated carbocycles. The molecular weight excluding hydrogens is 259 g/mol. The Bertz CT molecular complexity index is 558. The van der Waals surface area contributed by atoms with Crippen molar-refractivity contribution in [2.75, 3.05) is 11.5 Å². The summed E-state index contributed by atoms with van der Waals surface area (Å²) in [5.74, 6) is 1.03. The largest absolute Gasteiger partial charge is 0.456 e. The summed E-state index contributed by atoms with van der Waals surface area (Å²) in [4.78, 5) is 0. The van der Waals surface area contributed by atoms with Crippen molar-refractivity contribution in [3.63, 3.8) is 0 Å². The minimum Gasteiger partial charge on any atom is -0.456 e. The molecule has 88 valence electrons. The van der Waals surface area contributed by atoms with Gasteiger partial charge in [-0.25, -0.2) is 0 Å². The minimum atomic E-state index is 0.459. The molecule has 4 N–H and O–H groups in total. The molecule has 0 aliphatic carbocycles. The van der Waals surface area contributed by atoms with Gasteiger partial charge in [0.15, 0.2) is 0 Å². The summed E-state index contributed by atoms with van der Waals surface area (Å²) in [6.07, 6.45) is 0. The van der Waals surface area contributed by atoms with Crippen molar-refractivity contribution in [3.05, 3.63) is 46.4 Å². The highest BCUT2D eigenvalue weighted by Crippen LogP contribution is 2.33. The molecule has 2 rings (SSSR count). The summed E-state index contributed by atoms with van der Waals surface area (Å²) in [6, 6.07) is 10.0. The molecule has 5 heteroatoms. The van der Waals surface area contributed by atoms with E-state index in [-0.39, 0.29) is 0 Å². The summed E-state index contributed by atoms with van der Waals surface area (Å²) in [7, 11) is 0. The number of nitrogens with two attached hydrogens (primary N) is 2. The lowest BCUT2D eigenvalue weighted by molar-refractivity contribution is 0.483. The highest BCUT2D eigenvalue weighted by molar-refractivity contribution is 6.34. The molecule has 0 bridgehead atoms. The maximum atomic E-state index is 5.98. The molecule has 2 aromatic rings. The molecule has 0 saturated heterocycles. The van der Waals surface area contributed by atoms with Crippen LogP contribution in [-0.4, -0.2) is 0 Å². The van der Waals surface area contributed by atoms with Gasteiger partial charge in [-0.05, 0) is 24.3 Å². The summed E-state index contributed by atoms with van der Waals surface area (Å²) >= 11 is 11.8. The fourth-order valence-corrected chi connectivity index (χ4v) is 1.62. The van der Waals surface area contributed by atoms with Gasteiger partial charge in [0.25, 0.3) is 0 Å². The van der Waals surface area contributed by atoms with Gasteiger partial charge in [0.2, 0.25) is 0 Å². The summed E-state index contributed by atoms with van der Waals surface area (Å²) in [5, 5.41) is 1.03. The second-order valence-corrected chi connectivity index (χ2v) is 4.31. The normalized spacial score (nSPS) is 10.2. The Morgan fingerprint density at radius 1 is 0.882 bits per heavy atom. The summed E-state index contributed by atoms with van der Waals surface area (Å²) in [5.41, 5.74) is 12.3. The first-order valence-electron chi connectivity index (χ1n) is 4.84. The number of hydrogen-bond donors (Lipinski definition) is 2. The Hall–Kier alpha value is -1.58. The van der Waals surface area contributed by atoms with Crippen LogP contribution in [0.1, 0.15) is 0 Å². The van der Waals surface area contributed by atoms with E-state index in [2.05, 4.69) is 0 Å². The van der Waals surface area contributed by atoms with Gasteiger partial charge in [-0.2, -0.15) is 0 Å². The first kappa shape index (κ1) is 11.9. The van der Waals surface area contributed by atoms with E-state index in [1.165, 1.54) is 0 Å². The van der Waals surface area contributed by atoms with Crippen LogP contribution in [-0.2, 0) is 0 Å². The summed E-state index contributed by atoms with van der Waals surface area (Å²) < 4.78 is 5.57. The SMILES string of the molecule is Nc1ccc(Oc2cc(Cl)ccc2Cl)cc1N. The first-order chi connectivity index (χ1) is 8.06. The van der Waals surface area contributed by atoms with Crippen LogP contribution in [0.25, 0.3) is 0 Å². The van der Waals surface area contributed by atoms with Crippen LogP contribution in [0.2, 0.25) is 10.0 Å². The number of anilines is 2. The quantitative estimate of drug-likeness (QED) is 0.811. The Balaban J connectivity index is 2.31. The topological polar surface area (TPSA) is 61.3 Å². The molecule has 0 heterocycles. The molecular formula is C12H10Cl2N2O. The van der Waals surface area contributed by atoms with E-state index < -0.39 is 0 Å². The number of nitrogen functional groups attached to an aromatic ring is 2. The third kappa shape index (κ3) is 2.75. The third-order valence-electron chi connectivity index (χ3n) is 2.18. The smallest absolute Gasteiger partial charge is 0.147 e. The van der Waals surface area contributed by atoms with Crippen molar-refractivity contribution >= 4 is 34.6 Å². The Morgan fingerprint density at radius 3 is 2.35 bits per heavy atom. The van der Waals surface area contributed by atoms with Gasteiger partial charge in [0, 0.05) is 17.2 Å². The first-order valence-corrected chi connectivity index (χ1v) is 5.60. The monoisotopic (exact) mass is 268 g/mol. The standard InChI is InChI=1S/C12H10Cl2N2O/c13-7-1-3-9(14)12(5-7)17-8-2-4-10(15)11(16)6-8/h1-6H,15-16H2. The molecule has 0 aliphatic heterocycles. The van der Waals surface area contributed by atoms with Crippen molar-refractivity contribution < 1.29 is 4.74 Å². The number of rotatable bonds is 2. The zero-order valence-corrected chi connectivity index (χ0v) is 10.3. The van der Waals surface area contributed by atoms with Crippen molar-refractivity contribution in [3.8, 4) is 11.5 Å². The van der Waals surface area contributed by atoms with E-state index in [4.69, 9.17) is 39.4 Å². The molecule has 3 nitrogen and oxygen atoms in total. The van der Waals surface area contributed by atoms with E-state index in [1.54, 1.807) is 36.4 Å². The van der Waals surface area contributed by atoms with Crippen LogP contribution < -0.4 is 16.2 Å². The van der Waals surface area contributed by atoms with Gasteiger partial charge in [-0.1, -0.05) is 23.2 Å². The predicted octanol–water partition coefficient (Wildman–Crippen LogP) is 3.95. The Labute approximate surface area is 109 Å². The highest BCUT2D eigenvalue weighted by atomic mass is 35.5. The Kier molecular flexibility index (Phi) is 3.31.